The number of hydrogen-bond donors (Lipinski definition) is 1. The molecule has 0 aliphatic heterocycles. The number of benzene rings is 1. The second-order valence-corrected chi connectivity index (χ2v) is 4.72. The quantitative estimate of drug-likeness (QED) is 0.872. The summed E-state index contributed by atoms with van der Waals surface area (Å²) in [5.41, 5.74) is 4.93. The first-order valence-corrected chi connectivity index (χ1v) is 6.17. The van der Waals surface area contributed by atoms with Crippen LogP contribution in [0.4, 0.5) is 0 Å². The molecule has 0 saturated carbocycles. The summed E-state index contributed by atoms with van der Waals surface area (Å²) < 4.78 is 0. The summed E-state index contributed by atoms with van der Waals surface area (Å²) in [7, 11) is 0. The van der Waals surface area contributed by atoms with Gasteiger partial charge in [-0.15, -0.1) is 0 Å². The number of fused-ring (bicyclic) bond motifs is 1. The van der Waals surface area contributed by atoms with Crippen LogP contribution in [-0.2, 0) is 17.6 Å². The van der Waals surface area contributed by atoms with Crippen molar-refractivity contribution >= 4 is 41.6 Å². The molecule has 1 aliphatic carbocycles. The van der Waals surface area contributed by atoms with Gasteiger partial charge in [0.25, 0.3) is 0 Å². The zero-order valence-electron chi connectivity index (χ0n) is 10.3. The summed E-state index contributed by atoms with van der Waals surface area (Å²) in [5.74, 6) is -0.829. The first-order valence-electron chi connectivity index (χ1n) is 6.17. The number of aromatic nitrogens is 1. The fourth-order valence-corrected chi connectivity index (χ4v) is 2.38. The summed E-state index contributed by atoms with van der Waals surface area (Å²) in [5, 5.41) is 9.01. The van der Waals surface area contributed by atoms with Crippen LogP contribution >= 0.6 is 0 Å². The Kier molecular flexibility index (Phi) is 4.76. The zero-order valence-corrected chi connectivity index (χ0v) is 10.3. The number of aliphatic carboxylic acids is 1. The topological polar surface area (TPSA) is 50.2 Å². The van der Waals surface area contributed by atoms with Gasteiger partial charge in [-0.1, -0.05) is 24.3 Å². The molecule has 20 heavy (non-hydrogen) atoms. The number of pyridine rings is 1. The van der Waals surface area contributed by atoms with E-state index in [1.807, 2.05) is 30.5 Å². The van der Waals surface area contributed by atoms with E-state index >= 15 is 0 Å². The molecule has 4 heteroatoms. The fraction of sp³-hybridized carbons (Fsp3) is 0.125. The summed E-state index contributed by atoms with van der Waals surface area (Å²) in [4.78, 5) is 15.1. The third-order valence-corrected chi connectivity index (χ3v) is 3.32. The van der Waals surface area contributed by atoms with Crippen LogP contribution in [0, 0.1) is 0 Å². The number of rotatable bonds is 3. The third kappa shape index (κ3) is 3.18. The van der Waals surface area contributed by atoms with Gasteiger partial charge in [-0.2, -0.15) is 0 Å². The van der Waals surface area contributed by atoms with Crippen LogP contribution in [0.3, 0.4) is 0 Å². The van der Waals surface area contributed by atoms with Crippen molar-refractivity contribution in [1.29, 1.82) is 0 Å². The zero-order chi connectivity index (χ0) is 13.2. The molecule has 0 atom stereocenters. The minimum atomic E-state index is -0.829. The molecule has 96 valence electrons. The minimum absolute atomic E-state index is 0. The number of hydrogen-bond acceptors (Lipinski definition) is 2. The number of carboxylic acids is 1. The predicted molar refractivity (Wildman–Crippen MR) is 80.0 cm³/mol. The molecule has 2 aromatic rings. The maximum atomic E-state index is 11.0. The normalized spacial score (nSPS) is 12.3. The van der Waals surface area contributed by atoms with E-state index in [2.05, 4.69) is 11.1 Å². The van der Waals surface area contributed by atoms with E-state index in [4.69, 9.17) is 5.11 Å². The van der Waals surface area contributed by atoms with Crippen LogP contribution in [0.2, 0.25) is 0 Å². The van der Waals surface area contributed by atoms with E-state index in [0.29, 0.717) is 12.0 Å². The fourth-order valence-electron chi connectivity index (χ4n) is 2.38. The van der Waals surface area contributed by atoms with Gasteiger partial charge in [0.15, 0.2) is 0 Å². The molecular weight excluding hydrogens is 261 g/mol. The van der Waals surface area contributed by atoms with Gasteiger partial charge in [-0.05, 0) is 40.8 Å². The molecule has 0 amide bonds. The van der Waals surface area contributed by atoms with E-state index in [0.717, 1.165) is 23.1 Å². The Morgan fingerprint density at radius 1 is 1.25 bits per heavy atom. The molecule has 0 spiro atoms. The van der Waals surface area contributed by atoms with E-state index in [1.165, 1.54) is 5.56 Å². The standard InChI is InChI=1S/C16H13NO2.Na.H/c18-16(19)15-8-13-4-3-11(7-14(13)9-15)6-12-2-1-5-17-10-12;;/h1-5,7-8,10H,6,9H2,(H,18,19);;. The second-order valence-electron chi connectivity index (χ2n) is 4.72. The van der Waals surface area contributed by atoms with Crippen molar-refractivity contribution in [2.45, 2.75) is 12.8 Å². The van der Waals surface area contributed by atoms with E-state index < -0.39 is 5.97 Å². The molecule has 1 aromatic heterocycles. The van der Waals surface area contributed by atoms with Gasteiger partial charge in [0.05, 0.1) is 0 Å². The molecule has 3 rings (SSSR count). The van der Waals surface area contributed by atoms with Crippen molar-refractivity contribution in [1.82, 2.24) is 4.98 Å². The Morgan fingerprint density at radius 3 is 2.80 bits per heavy atom. The number of carbonyl (C=O) groups is 1. The van der Waals surface area contributed by atoms with Gasteiger partial charge >= 0.3 is 35.5 Å². The second kappa shape index (κ2) is 6.35. The summed E-state index contributed by atoms with van der Waals surface area (Å²) >= 11 is 0. The summed E-state index contributed by atoms with van der Waals surface area (Å²) in [6.45, 7) is 0. The Balaban J connectivity index is 0.00000147. The third-order valence-electron chi connectivity index (χ3n) is 3.32. The predicted octanol–water partition coefficient (Wildman–Crippen LogP) is 2.05. The van der Waals surface area contributed by atoms with E-state index in [-0.39, 0.29) is 29.6 Å². The van der Waals surface area contributed by atoms with Gasteiger partial charge < -0.3 is 5.11 Å². The van der Waals surface area contributed by atoms with Gasteiger partial charge in [-0.3, -0.25) is 4.98 Å². The maximum absolute atomic E-state index is 11.0. The molecule has 1 aromatic carbocycles. The number of carboxylic acid groups (broad SMARTS) is 1. The molecule has 0 saturated heterocycles. The Morgan fingerprint density at radius 2 is 2.10 bits per heavy atom. The summed E-state index contributed by atoms with van der Waals surface area (Å²) in [6, 6.07) is 10.1. The molecule has 3 nitrogen and oxygen atoms in total. The average Bonchev–Trinajstić information content (AvgIpc) is 2.83. The van der Waals surface area contributed by atoms with Crippen LogP contribution < -0.4 is 0 Å². The van der Waals surface area contributed by atoms with Crippen molar-refractivity contribution in [3.8, 4) is 0 Å². The molecule has 1 aliphatic rings. The Hall–Kier alpha value is -1.42. The van der Waals surface area contributed by atoms with E-state index in [1.54, 1.807) is 12.3 Å². The molecular formula is C16H14NNaO2. The van der Waals surface area contributed by atoms with Crippen molar-refractivity contribution in [2.24, 2.45) is 0 Å². The molecule has 0 fully saturated rings. The van der Waals surface area contributed by atoms with Gasteiger partial charge in [0, 0.05) is 24.4 Å². The Bertz CT molecular complexity index is 665. The summed E-state index contributed by atoms with van der Waals surface area (Å²) in [6.07, 6.45) is 6.71. The monoisotopic (exact) mass is 275 g/mol. The van der Waals surface area contributed by atoms with Crippen molar-refractivity contribution in [3.05, 3.63) is 70.6 Å². The molecule has 0 bridgehead atoms. The SMILES string of the molecule is O=C(O)C1=Cc2ccc(Cc3cccnc3)cc2C1.[NaH]. The van der Waals surface area contributed by atoms with Crippen molar-refractivity contribution in [2.75, 3.05) is 0 Å². The molecule has 0 unspecified atom stereocenters. The van der Waals surface area contributed by atoms with Gasteiger partial charge in [-0.25, -0.2) is 4.79 Å². The first kappa shape index (κ1) is 15.0. The Labute approximate surface area is 139 Å². The van der Waals surface area contributed by atoms with Crippen LogP contribution in [-0.4, -0.2) is 45.6 Å². The van der Waals surface area contributed by atoms with Crippen LogP contribution in [0.1, 0.15) is 22.3 Å². The van der Waals surface area contributed by atoms with Crippen molar-refractivity contribution in [3.63, 3.8) is 0 Å². The molecule has 0 radical (unpaired) electrons. The molecule has 1 heterocycles. The van der Waals surface area contributed by atoms with Gasteiger partial charge in [0.1, 0.15) is 0 Å². The van der Waals surface area contributed by atoms with Crippen molar-refractivity contribution < 1.29 is 9.90 Å². The van der Waals surface area contributed by atoms with E-state index in [9.17, 15) is 4.79 Å². The van der Waals surface area contributed by atoms with Crippen LogP contribution in [0.15, 0.2) is 48.3 Å². The van der Waals surface area contributed by atoms with Crippen LogP contribution in [0.5, 0.6) is 0 Å². The average molecular weight is 275 g/mol. The first-order chi connectivity index (χ1) is 9.22. The van der Waals surface area contributed by atoms with Gasteiger partial charge in [0.2, 0.25) is 0 Å². The molecule has 1 N–H and O–H groups in total. The van der Waals surface area contributed by atoms with Crippen LogP contribution in [0.25, 0.3) is 6.08 Å². The number of nitrogens with zero attached hydrogens (tertiary/aromatic N) is 1.